The molecule has 12 heteroatoms. The van der Waals surface area contributed by atoms with E-state index >= 15 is 0 Å². The van der Waals surface area contributed by atoms with E-state index in [-0.39, 0.29) is 0 Å². The molecule has 0 bridgehead atoms. The third kappa shape index (κ3) is 4.84. The van der Waals surface area contributed by atoms with E-state index in [2.05, 4.69) is 56.1 Å². The van der Waals surface area contributed by atoms with Gasteiger partial charge in [0.15, 0.2) is 0 Å². The van der Waals surface area contributed by atoms with Crippen molar-refractivity contribution in [3.8, 4) is 0 Å². The molecule has 0 N–H and O–H groups in total. The van der Waals surface area contributed by atoms with Crippen LogP contribution in [0.4, 0.5) is 0 Å². The van der Waals surface area contributed by atoms with Crippen LogP contribution in [0.15, 0.2) is 13.5 Å². The molecule has 0 aromatic rings. The summed E-state index contributed by atoms with van der Waals surface area (Å²) in [6.07, 6.45) is 10.3. The van der Waals surface area contributed by atoms with Gasteiger partial charge in [0.25, 0.3) is 0 Å². The molecule has 0 aromatic heterocycles. The van der Waals surface area contributed by atoms with Crippen molar-refractivity contribution in [2.45, 2.75) is 51.4 Å². The van der Waals surface area contributed by atoms with E-state index < -0.39 is 22.4 Å². The highest BCUT2D eigenvalue weighted by molar-refractivity contribution is 7.83. The SMILES string of the molecule is CN(C)CCN(C)P1(N2CCCC2)=NP(N2CCCC2)(N2CCCC2)=NP(C)(N2CCCC2)=N1. The number of rotatable bonds is 8. The lowest BCUT2D eigenvalue weighted by molar-refractivity contribution is 0.355. The summed E-state index contributed by atoms with van der Waals surface area (Å²) in [4.78, 5) is 2.31. The van der Waals surface area contributed by atoms with E-state index in [4.69, 9.17) is 13.5 Å². The van der Waals surface area contributed by atoms with Crippen molar-refractivity contribution in [2.24, 2.45) is 13.5 Å². The van der Waals surface area contributed by atoms with Crippen molar-refractivity contribution in [1.29, 1.82) is 0 Å². The molecular formula is C22H48N9P3. The maximum atomic E-state index is 6.11. The predicted octanol–water partition coefficient (Wildman–Crippen LogP) is 5.43. The van der Waals surface area contributed by atoms with Gasteiger partial charge in [-0.15, -0.1) is 0 Å². The molecule has 0 aliphatic carbocycles. The van der Waals surface area contributed by atoms with Crippen LogP contribution in [-0.2, 0) is 0 Å². The van der Waals surface area contributed by atoms with Crippen molar-refractivity contribution in [3.63, 3.8) is 0 Å². The summed E-state index contributed by atoms with van der Waals surface area (Å²) in [5.74, 6) is 0. The molecule has 5 heterocycles. The molecule has 0 spiro atoms. The molecule has 34 heavy (non-hydrogen) atoms. The third-order valence-corrected chi connectivity index (χ3v) is 20.8. The van der Waals surface area contributed by atoms with Crippen LogP contribution in [0.25, 0.3) is 0 Å². The van der Waals surface area contributed by atoms with Gasteiger partial charge in [-0.3, -0.25) is 4.67 Å². The minimum absolute atomic E-state index is 1.02. The first-order valence-electron chi connectivity index (χ1n) is 13.7. The fourth-order valence-corrected chi connectivity index (χ4v) is 21.8. The fourth-order valence-electron chi connectivity index (χ4n) is 6.12. The molecule has 4 saturated heterocycles. The summed E-state index contributed by atoms with van der Waals surface area (Å²) in [6.45, 7) is 13.8. The summed E-state index contributed by atoms with van der Waals surface area (Å²) in [7, 11) is 0.340. The molecule has 2 atom stereocenters. The Kier molecular flexibility index (Phi) is 8.18. The van der Waals surface area contributed by atoms with E-state index in [0.29, 0.717) is 0 Å². The normalized spacial score (nSPS) is 35.8. The molecule has 196 valence electrons. The van der Waals surface area contributed by atoms with Crippen molar-refractivity contribution >= 4 is 22.4 Å². The van der Waals surface area contributed by atoms with Crippen LogP contribution < -0.4 is 0 Å². The van der Waals surface area contributed by atoms with E-state index in [1.807, 2.05) is 0 Å². The smallest absolute Gasteiger partial charge is 0.220 e. The van der Waals surface area contributed by atoms with Crippen molar-refractivity contribution in [3.05, 3.63) is 0 Å². The molecule has 0 amide bonds. The van der Waals surface area contributed by atoms with E-state index in [1.54, 1.807) is 0 Å². The van der Waals surface area contributed by atoms with Gasteiger partial charge in [0.05, 0.1) is 0 Å². The quantitative estimate of drug-likeness (QED) is 0.390. The Labute approximate surface area is 208 Å². The van der Waals surface area contributed by atoms with Gasteiger partial charge in [0.1, 0.15) is 7.36 Å². The average molecular weight is 532 g/mol. The van der Waals surface area contributed by atoms with Gasteiger partial charge in [-0.25, -0.2) is 18.7 Å². The van der Waals surface area contributed by atoms with Gasteiger partial charge in [0.2, 0.25) is 15.0 Å². The Morgan fingerprint density at radius 3 is 1.47 bits per heavy atom. The topological polar surface area (TPSA) is 56.5 Å². The van der Waals surface area contributed by atoms with Gasteiger partial charge >= 0.3 is 0 Å². The second kappa shape index (κ2) is 10.7. The first kappa shape index (κ1) is 26.1. The summed E-state index contributed by atoms with van der Waals surface area (Å²) in [5.41, 5.74) is 0. The second-order valence-corrected chi connectivity index (χ2v) is 20.0. The van der Waals surface area contributed by atoms with Crippen LogP contribution in [-0.4, -0.2) is 122 Å². The standard InChI is InChI=1S/C22H48N9P3/c1-26(2)21-22-27(3)33(29-15-7-8-16-29)23-32(4,28-13-5-6-14-28)24-34(25-33,30-17-9-10-18-30)31-19-11-12-20-31/h5-22H2,1-4H3. The van der Waals surface area contributed by atoms with Crippen LogP contribution in [0.5, 0.6) is 0 Å². The zero-order valence-electron chi connectivity index (χ0n) is 22.1. The van der Waals surface area contributed by atoms with Crippen molar-refractivity contribution in [2.75, 3.05) is 93.3 Å². The molecule has 0 aromatic carbocycles. The number of likely N-dealkylation sites (N-methyl/N-ethyl adjacent to an activating group) is 2. The van der Waals surface area contributed by atoms with Crippen molar-refractivity contribution in [1.82, 2.24) is 28.3 Å². The molecule has 0 saturated carbocycles. The summed E-state index contributed by atoms with van der Waals surface area (Å²) in [6, 6.07) is 0. The van der Waals surface area contributed by atoms with Gasteiger partial charge in [-0.05, 0) is 72.5 Å². The van der Waals surface area contributed by atoms with Gasteiger partial charge < -0.3 is 4.90 Å². The van der Waals surface area contributed by atoms with Crippen molar-refractivity contribution < 1.29 is 0 Å². The first-order valence-corrected chi connectivity index (χ1v) is 18.9. The number of nitrogens with zero attached hydrogens (tertiary/aromatic N) is 9. The van der Waals surface area contributed by atoms with Crippen LogP contribution in [0.3, 0.4) is 0 Å². The Morgan fingerprint density at radius 2 is 1.00 bits per heavy atom. The highest BCUT2D eigenvalue weighted by Gasteiger charge is 2.49. The minimum Gasteiger partial charge on any atom is -0.308 e. The fraction of sp³-hybridized carbons (Fsp3) is 1.00. The largest absolute Gasteiger partial charge is 0.308 e. The molecule has 9 nitrogen and oxygen atoms in total. The van der Waals surface area contributed by atoms with Crippen LogP contribution in [0, 0.1) is 0 Å². The zero-order valence-corrected chi connectivity index (χ0v) is 24.8. The average Bonchev–Trinajstić information content (AvgIpc) is 3.64. The van der Waals surface area contributed by atoms with Crippen LogP contribution >= 0.6 is 22.4 Å². The lowest BCUT2D eigenvalue weighted by Gasteiger charge is -2.48. The van der Waals surface area contributed by atoms with E-state index in [1.165, 1.54) is 90.6 Å². The Hall–Kier alpha value is 0.450. The van der Waals surface area contributed by atoms with Gasteiger partial charge in [-0.1, -0.05) is 0 Å². The lowest BCUT2D eigenvalue weighted by Crippen LogP contribution is -2.35. The molecule has 0 radical (unpaired) electrons. The summed E-state index contributed by atoms with van der Waals surface area (Å²) in [5, 5.41) is 0. The molecule has 4 fully saturated rings. The maximum absolute atomic E-state index is 6.11. The molecule has 5 rings (SSSR count). The van der Waals surface area contributed by atoms with Gasteiger partial charge in [-0.2, -0.15) is 13.5 Å². The molecular weight excluding hydrogens is 483 g/mol. The molecule has 5 aliphatic rings. The molecule has 2 unspecified atom stereocenters. The summed E-state index contributed by atoms with van der Waals surface area (Å²) >= 11 is 0. The third-order valence-electron chi connectivity index (χ3n) is 8.15. The number of hydrogen-bond acceptors (Lipinski definition) is 9. The zero-order chi connectivity index (χ0) is 23.8. The lowest BCUT2D eigenvalue weighted by atomic mass is 10.4. The Balaban J connectivity index is 1.74. The van der Waals surface area contributed by atoms with Crippen LogP contribution in [0.2, 0.25) is 0 Å². The van der Waals surface area contributed by atoms with E-state index in [0.717, 1.165) is 26.2 Å². The Bertz CT molecular complexity index is 860. The maximum Gasteiger partial charge on any atom is 0.220 e. The second-order valence-electron chi connectivity index (χ2n) is 11.0. The minimum atomic E-state index is -2.22. The van der Waals surface area contributed by atoms with Gasteiger partial charge in [0, 0.05) is 72.1 Å². The monoisotopic (exact) mass is 531 g/mol. The highest BCUT2D eigenvalue weighted by Crippen LogP contribution is 2.82. The first-order chi connectivity index (χ1) is 16.4. The summed E-state index contributed by atoms with van der Waals surface area (Å²) < 4.78 is 31.6. The highest BCUT2D eigenvalue weighted by atomic mass is 31.3. The van der Waals surface area contributed by atoms with Crippen LogP contribution in [0.1, 0.15) is 51.4 Å². The predicted molar refractivity (Wildman–Crippen MR) is 148 cm³/mol. The van der Waals surface area contributed by atoms with E-state index in [9.17, 15) is 0 Å². The molecule has 5 aliphatic heterocycles. The Morgan fingerprint density at radius 1 is 0.559 bits per heavy atom. The number of hydrogen-bond donors (Lipinski definition) is 0.